The van der Waals surface area contributed by atoms with E-state index in [1.165, 1.54) is 11.6 Å². The highest BCUT2D eigenvalue weighted by Crippen LogP contribution is 2.41. The third-order valence-corrected chi connectivity index (χ3v) is 9.87. The SMILES string of the molecule is CCC(Oc1ccc(C(C)(C)CC)cc1C(C)(C)CC)C(=O)Nc1cc(OCC(O)CS(=O)CCO)c(C)c(Cl)c1O. The highest BCUT2D eigenvalue weighted by Gasteiger charge is 2.29. The summed E-state index contributed by atoms with van der Waals surface area (Å²) in [4.78, 5) is 13.4. The molecule has 2 aromatic carbocycles. The van der Waals surface area contributed by atoms with Gasteiger partial charge >= 0.3 is 0 Å². The number of aliphatic hydroxyl groups is 2. The van der Waals surface area contributed by atoms with Crippen LogP contribution in [0.25, 0.3) is 0 Å². The van der Waals surface area contributed by atoms with E-state index in [1.54, 1.807) is 6.92 Å². The Hall–Kier alpha value is -2.33. The smallest absolute Gasteiger partial charge is 0.265 e. The average molecular weight is 626 g/mol. The number of benzene rings is 2. The van der Waals surface area contributed by atoms with Gasteiger partial charge in [0.2, 0.25) is 0 Å². The summed E-state index contributed by atoms with van der Waals surface area (Å²) >= 11 is 6.35. The van der Waals surface area contributed by atoms with Crippen LogP contribution in [0.2, 0.25) is 5.02 Å². The number of phenolic OH excluding ortho intramolecular Hbond substituents is 1. The van der Waals surface area contributed by atoms with Crippen LogP contribution in [0.5, 0.6) is 17.2 Å². The van der Waals surface area contributed by atoms with E-state index in [1.807, 2.05) is 13.0 Å². The number of rotatable bonds is 16. The summed E-state index contributed by atoms with van der Waals surface area (Å²) in [5, 5.41) is 32.5. The molecular weight excluding hydrogens is 578 g/mol. The number of carbonyl (C=O) groups is 1. The zero-order chi connectivity index (χ0) is 31.8. The van der Waals surface area contributed by atoms with Gasteiger partial charge in [-0.05, 0) is 48.6 Å². The first-order valence-corrected chi connectivity index (χ1v) is 16.4. The second-order valence-corrected chi connectivity index (χ2v) is 13.9. The molecule has 2 aromatic rings. The van der Waals surface area contributed by atoms with E-state index in [0.29, 0.717) is 17.7 Å². The van der Waals surface area contributed by atoms with Gasteiger partial charge in [-0.1, -0.05) is 72.2 Å². The Labute approximate surface area is 258 Å². The number of halogens is 1. The van der Waals surface area contributed by atoms with E-state index >= 15 is 0 Å². The minimum Gasteiger partial charge on any atom is -0.504 e. The first kappa shape index (κ1) is 35.9. The van der Waals surface area contributed by atoms with Crippen LogP contribution in [-0.4, -0.2) is 62.4 Å². The lowest BCUT2D eigenvalue weighted by molar-refractivity contribution is -0.122. The van der Waals surface area contributed by atoms with Crippen molar-refractivity contribution in [3.8, 4) is 17.2 Å². The molecule has 0 aliphatic heterocycles. The fourth-order valence-corrected chi connectivity index (χ4v) is 5.35. The molecular formula is C32H48ClNO7S. The molecule has 0 aromatic heterocycles. The number of anilines is 1. The van der Waals surface area contributed by atoms with Gasteiger partial charge in [0.05, 0.1) is 29.2 Å². The van der Waals surface area contributed by atoms with Gasteiger partial charge in [0.15, 0.2) is 11.9 Å². The second-order valence-electron chi connectivity index (χ2n) is 11.9. The lowest BCUT2D eigenvalue weighted by atomic mass is 9.76. The lowest BCUT2D eigenvalue weighted by Gasteiger charge is -2.31. The Bertz CT molecular complexity index is 1250. The zero-order valence-corrected chi connectivity index (χ0v) is 27.7. The van der Waals surface area contributed by atoms with Gasteiger partial charge in [-0.15, -0.1) is 0 Å². The van der Waals surface area contributed by atoms with Crippen molar-refractivity contribution >= 4 is 34.0 Å². The molecule has 0 fully saturated rings. The maximum absolute atomic E-state index is 13.4. The number of aliphatic hydroxyl groups excluding tert-OH is 2. The molecule has 0 saturated heterocycles. The molecule has 0 radical (unpaired) electrons. The molecule has 0 aliphatic carbocycles. The molecule has 0 aliphatic rings. The minimum atomic E-state index is -1.39. The molecule has 8 nitrogen and oxygen atoms in total. The first-order chi connectivity index (χ1) is 19.6. The molecule has 2 rings (SSSR count). The third-order valence-electron chi connectivity index (χ3n) is 8.01. The highest BCUT2D eigenvalue weighted by molar-refractivity contribution is 7.85. The van der Waals surface area contributed by atoms with Gasteiger partial charge in [0, 0.05) is 33.7 Å². The maximum atomic E-state index is 13.4. The molecule has 10 heteroatoms. The quantitative estimate of drug-likeness (QED) is 0.168. The van der Waals surface area contributed by atoms with Crippen molar-refractivity contribution in [1.29, 1.82) is 0 Å². The summed E-state index contributed by atoms with van der Waals surface area (Å²) in [6.07, 6.45) is 0.341. The summed E-state index contributed by atoms with van der Waals surface area (Å²) in [5.41, 5.74) is 2.51. The Morgan fingerprint density at radius 2 is 1.71 bits per heavy atom. The number of nitrogens with one attached hydrogen (secondary N) is 1. The van der Waals surface area contributed by atoms with Crippen LogP contribution in [0.15, 0.2) is 24.3 Å². The Morgan fingerprint density at radius 1 is 1.07 bits per heavy atom. The van der Waals surface area contributed by atoms with Gasteiger partial charge in [0.1, 0.15) is 18.1 Å². The summed E-state index contributed by atoms with van der Waals surface area (Å²) in [6, 6.07) is 7.63. The molecule has 0 heterocycles. The topological polar surface area (TPSA) is 125 Å². The van der Waals surface area contributed by atoms with E-state index in [2.05, 4.69) is 59.0 Å². The second kappa shape index (κ2) is 15.4. The van der Waals surface area contributed by atoms with Crippen LogP contribution in [0.3, 0.4) is 0 Å². The van der Waals surface area contributed by atoms with Crippen molar-refractivity contribution in [3.05, 3.63) is 46.0 Å². The molecule has 42 heavy (non-hydrogen) atoms. The van der Waals surface area contributed by atoms with Gasteiger partial charge in [-0.2, -0.15) is 0 Å². The predicted molar refractivity (Wildman–Crippen MR) is 171 cm³/mol. The Kier molecular flexibility index (Phi) is 13.2. The van der Waals surface area contributed by atoms with Gasteiger partial charge < -0.3 is 30.1 Å². The first-order valence-electron chi connectivity index (χ1n) is 14.5. The van der Waals surface area contributed by atoms with Crippen molar-refractivity contribution in [2.75, 3.05) is 30.0 Å². The molecule has 0 bridgehead atoms. The number of aromatic hydroxyl groups is 1. The molecule has 4 N–H and O–H groups in total. The summed E-state index contributed by atoms with van der Waals surface area (Å²) in [5.74, 6) is 0.121. The predicted octanol–water partition coefficient (Wildman–Crippen LogP) is 6.01. The van der Waals surface area contributed by atoms with Crippen LogP contribution >= 0.6 is 11.6 Å². The van der Waals surface area contributed by atoms with Gasteiger partial charge in [0.25, 0.3) is 5.91 Å². The van der Waals surface area contributed by atoms with Crippen LogP contribution < -0.4 is 14.8 Å². The van der Waals surface area contributed by atoms with E-state index < -0.39 is 28.9 Å². The number of phenols is 1. The van der Waals surface area contributed by atoms with E-state index in [4.69, 9.17) is 26.2 Å². The fraction of sp³-hybridized carbons (Fsp3) is 0.594. The van der Waals surface area contributed by atoms with Crippen LogP contribution in [0.4, 0.5) is 5.69 Å². The summed E-state index contributed by atoms with van der Waals surface area (Å²) in [6.45, 7) is 16.1. The molecule has 0 spiro atoms. The normalized spacial score (nSPS) is 14.3. The van der Waals surface area contributed by atoms with Crippen LogP contribution in [0, 0.1) is 6.92 Å². The van der Waals surface area contributed by atoms with Crippen molar-refractivity contribution in [2.45, 2.75) is 97.7 Å². The largest absolute Gasteiger partial charge is 0.504 e. The molecule has 3 unspecified atom stereocenters. The number of ether oxygens (including phenoxy) is 2. The minimum absolute atomic E-state index is 0.00350. The van der Waals surface area contributed by atoms with E-state index in [-0.39, 0.29) is 57.8 Å². The van der Waals surface area contributed by atoms with Crippen molar-refractivity contribution < 1.29 is 33.8 Å². The lowest BCUT2D eigenvalue weighted by Crippen LogP contribution is -2.33. The Balaban J connectivity index is 2.31. The van der Waals surface area contributed by atoms with Crippen LogP contribution in [0.1, 0.15) is 84.4 Å². The Morgan fingerprint density at radius 3 is 2.29 bits per heavy atom. The van der Waals surface area contributed by atoms with E-state index in [0.717, 1.165) is 18.4 Å². The van der Waals surface area contributed by atoms with Crippen molar-refractivity contribution in [2.24, 2.45) is 0 Å². The third kappa shape index (κ3) is 9.09. The van der Waals surface area contributed by atoms with Crippen LogP contribution in [-0.2, 0) is 26.4 Å². The molecule has 236 valence electrons. The zero-order valence-electron chi connectivity index (χ0n) is 26.2. The monoisotopic (exact) mass is 625 g/mol. The number of amides is 1. The molecule has 0 saturated carbocycles. The average Bonchev–Trinajstić information content (AvgIpc) is 2.95. The number of hydrogen-bond donors (Lipinski definition) is 4. The number of hydrogen-bond acceptors (Lipinski definition) is 7. The van der Waals surface area contributed by atoms with Crippen molar-refractivity contribution in [3.63, 3.8) is 0 Å². The molecule has 3 atom stereocenters. The number of carbonyl (C=O) groups excluding carboxylic acids is 1. The van der Waals surface area contributed by atoms with Crippen molar-refractivity contribution in [1.82, 2.24) is 0 Å². The van der Waals surface area contributed by atoms with Gasteiger partial charge in [-0.25, -0.2) is 0 Å². The van der Waals surface area contributed by atoms with Gasteiger partial charge in [-0.3, -0.25) is 9.00 Å². The standard InChI is InChI=1S/C32H48ClNO7S/c1-9-25(41-26-13-12-21(31(5,6)10-2)16-23(26)32(7,8)11-3)30(38)34-24-17-27(20(4)28(33)29(24)37)40-18-22(36)19-42(39)15-14-35/h12-13,16-17,22,25,35-37H,9-11,14-15,18-19H2,1-8H3,(H,34,38). The molecule has 1 amide bonds. The van der Waals surface area contributed by atoms with E-state index in [9.17, 15) is 19.2 Å². The fourth-order valence-electron chi connectivity index (χ4n) is 4.26. The summed E-state index contributed by atoms with van der Waals surface area (Å²) < 4.78 is 23.9. The highest BCUT2D eigenvalue weighted by atomic mass is 35.5. The maximum Gasteiger partial charge on any atom is 0.265 e. The summed E-state index contributed by atoms with van der Waals surface area (Å²) in [7, 11) is -1.39.